The van der Waals surface area contributed by atoms with Crippen LogP contribution in [0.2, 0.25) is 0 Å². The summed E-state index contributed by atoms with van der Waals surface area (Å²) in [5, 5.41) is 0. The molecule has 0 spiro atoms. The van der Waals surface area contributed by atoms with E-state index in [1.54, 1.807) is 12.1 Å². The predicted octanol–water partition coefficient (Wildman–Crippen LogP) is 2.04. The number of carbonyl (C=O) groups excluding carboxylic acids is 1. The number of rotatable bonds is 2. The Bertz CT molecular complexity index is 351. The van der Waals surface area contributed by atoms with E-state index in [-0.39, 0.29) is 30.4 Å². The van der Waals surface area contributed by atoms with E-state index < -0.39 is 0 Å². The van der Waals surface area contributed by atoms with Crippen LogP contribution >= 0.6 is 12.4 Å². The van der Waals surface area contributed by atoms with Crippen molar-refractivity contribution in [3.05, 3.63) is 24.2 Å². The molecule has 4 nitrogen and oxygen atoms in total. The minimum absolute atomic E-state index is 0. The van der Waals surface area contributed by atoms with Gasteiger partial charge in [0.2, 0.25) is 0 Å². The van der Waals surface area contributed by atoms with Crippen LogP contribution in [-0.2, 0) is 0 Å². The molecule has 2 heterocycles. The van der Waals surface area contributed by atoms with E-state index in [1.807, 2.05) is 11.8 Å². The molecule has 0 saturated carbocycles. The zero-order valence-electron chi connectivity index (χ0n) is 9.96. The largest absolute Gasteiger partial charge is 0.459 e. The average molecular weight is 259 g/mol. The standard InChI is InChI=1S/C12H18N2O2.ClH/c1-9(13)10-5-2-3-7-14(10)12(15)11-6-4-8-16-11;/h4,6,8-10H,2-3,5,7,13H2,1H3;1H. The summed E-state index contributed by atoms with van der Waals surface area (Å²) < 4.78 is 5.14. The highest BCUT2D eigenvalue weighted by Gasteiger charge is 2.30. The number of nitrogens with two attached hydrogens (primary N) is 1. The van der Waals surface area contributed by atoms with Crippen LogP contribution in [-0.4, -0.2) is 29.4 Å². The van der Waals surface area contributed by atoms with Crippen LogP contribution in [0.3, 0.4) is 0 Å². The maximum absolute atomic E-state index is 12.2. The van der Waals surface area contributed by atoms with E-state index in [1.165, 1.54) is 6.26 Å². The molecule has 2 N–H and O–H groups in total. The highest BCUT2D eigenvalue weighted by atomic mass is 35.5. The first-order valence-electron chi connectivity index (χ1n) is 5.80. The number of furan rings is 1. The first-order valence-corrected chi connectivity index (χ1v) is 5.80. The summed E-state index contributed by atoms with van der Waals surface area (Å²) >= 11 is 0. The normalized spacial score (nSPS) is 21.8. The second kappa shape index (κ2) is 6.07. The fourth-order valence-corrected chi connectivity index (χ4v) is 2.30. The van der Waals surface area contributed by atoms with E-state index in [9.17, 15) is 4.79 Å². The number of hydrogen-bond donors (Lipinski definition) is 1. The Morgan fingerprint density at radius 3 is 2.94 bits per heavy atom. The van der Waals surface area contributed by atoms with E-state index in [2.05, 4.69) is 0 Å². The van der Waals surface area contributed by atoms with Crippen molar-refractivity contribution in [2.24, 2.45) is 5.73 Å². The van der Waals surface area contributed by atoms with Crippen molar-refractivity contribution in [2.45, 2.75) is 38.3 Å². The molecular weight excluding hydrogens is 240 g/mol. The Hall–Kier alpha value is -1.00. The third kappa shape index (κ3) is 3.01. The topological polar surface area (TPSA) is 59.5 Å². The Balaban J connectivity index is 0.00000144. The summed E-state index contributed by atoms with van der Waals surface area (Å²) in [7, 11) is 0. The second-order valence-electron chi connectivity index (χ2n) is 4.40. The molecule has 1 aromatic heterocycles. The summed E-state index contributed by atoms with van der Waals surface area (Å²) in [5.74, 6) is 0.375. The van der Waals surface area contributed by atoms with Crippen molar-refractivity contribution in [2.75, 3.05) is 6.54 Å². The molecule has 96 valence electrons. The van der Waals surface area contributed by atoms with Crippen molar-refractivity contribution in [3.8, 4) is 0 Å². The van der Waals surface area contributed by atoms with Gasteiger partial charge in [-0.3, -0.25) is 4.79 Å². The van der Waals surface area contributed by atoms with Gasteiger partial charge in [0.05, 0.1) is 6.26 Å². The molecule has 0 radical (unpaired) electrons. The maximum atomic E-state index is 12.2. The molecule has 1 saturated heterocycles. The summed E-state index contributed by atoms with van der Waals surface area (Å²) in [6.07, 6.45) is 4.71. The molecule has 1 aliphatic heterocycles. The Kier molecular flexibility index (Phi) is 5.02. The van der Waals surface area contributed by atoms with Gasteiger partial charge in [0.15, 0.2) is 5.76 Å². The Labute approximate surface area is 108 Å². The molecule has 0 aliphatic carbocycles. The molecule has 2 rings (SSSR count). The molecule has 0 aromatic carbocycles. The van der Waals surface area contributed by atoms with Gasteiger partial charge in [-0.05, 0) is 38.3 Å². The van der Waals surface area contributed by atoms with E-state index in [4.69, 9.17) is 10.2 Å². The van der Waals surface area contributed by atoms with E-state index >= 15 is 0 Å². The smallest absolute Gasteiger partial charge is 0.289 e. The average Bonchev–Trinajstić information content (AvgIpc) is 2.81. The van der Waals surface area contributed by atoms with Gasteiger partial charge in [-0.1, -0.05) is 0 Å². The number of amides is 1. The summed E-state index contributed by atoms with van der Waals surface area (Å²) in [4.78, 5) is 14.0. The molecule has 0 bridgehead atoms. The molecule has 5 heteroatoms. The van der Waals surface area contributed by atoms with Crippen molar-refractivity contribution in [1.29, 1.82) is 0 Å². The number of hydrogen-bond acceptors (Lipinski definition) is 3. The van der Waals surface area contributed by atoms with Crippen molar-refractivity contribution in [1.82, 2.24) is 4.90 Å². The highest BCUT2D eigenvalue weighted by molar-refractivity contribution is 5.91. The zero-order chi connectivity index (χ0) is 11.5. The Morgan fingerprint density at radius 2 is 2.35 bits per heavy atom. The molecule has 2 unspecified atom stereocenters. The second-order valence-corrected chi connectivity index (χ2v) is 4.40. The number of carbonyl (C=O) groups is 1. The minimum Gasteiger partial charge on any atom is -0.459 e. The Morgan fingerprint density at radius 1 is 1.59 bits per heavy atom. The SMILES string of the molecule is CC(N)C1CCCCN1C(=O)c1ccco1.Cl. The maximum Gasteiger partial charge on any atom is 0.289 e. The summed E-state index contributed by atoms with van der Waals surface area (Å²) in [5.41, 5.74) is 5.92. The van der Waals surface area contributed by atoms with Gasteiger partial charge in [0.1, 0.15) is 0 Å². The van der Waals surface area contributed by atoms with E-state index in [0.29, 0.717) is 5.76 Å². The molecule has 2 atom stereocenters. The van der Waals surface area contributed by atoms with Crippen LogP contribution in [0.15, 0.2) is 22.8 Å². The fourth-order valence-electron chi connectivity index (χ4n) is 2.30. The molecule has 1 amide bonds. The lowest BCUT2D eigenvalue weighted by Crippen LogP contribution is -2.51. The quantitative estimate of drug-likeness (QED) is 0.883. The van der Waals surface area contributed by atoms with Crippen LogP contribution in [0.25, 0.3) is 0 Å². The van der Waals surface area contributed by atoms with Gasteiger partial charge in [-0.25, -0.2) is 0 Å². The molecule has 1 aromatic rings. The minimum atomic E-state index is -0.0352. The lowest BCUT2D eigenvalue weighted by atomic mass is 9.96. The van der Waals surface area contributed by atoms with Gasteiger partial charge in [0, 0.05) is 18.6 Å². The van der Waals surface area contributed by atoms with Crippen molar-refractivity contribution >= 4 is 18.3 Å². The summed E-state index contributed by atoms with van der Waals surface area (Å²) in [6.45, 7) is 2.74. The number of nitrogens with zero attached hydrogens (tertiary/aromatic N) is 1. The first kappa shape index (κ1) is 14.1. The number of halogens is 1. The molecule has 17 heavy (non-hydrogen) atoms. The monoisotopic (exact) mass is 258 g/mol. The molecular formula is C12H19ClN2O2. The van der Waals surface area contributed by atoms with E-state index in [0.717, 1.165) is 25.8 Å². The van der Waals surface area contributed by atoms with Gasteiger partial charge in [-0.15, -0.1) is 12.4 Å². The van der Waals surface area contributed by atoms with Crippen molar-refractivity contribution in [3.63, 3.8) is 0 Å². The van der Waals surface area contributed by atoms with Crippen LogP contribution in [0.5, 0.6) is 0 Å². The fraction of sp³-hybridized carbons (Fsp3) is 0.583. The van der Waals surface area contributed by atoms with Gasteiger partial charge < -0.3 is 15.1 Å². The van der Waals surface area contributed by atoms with Crippen LogP contribution < -0.4 is 5.73 Å². The predicted molar refractivity (Wildman–Crippen MR) is 68.3 cm³/mol. The molecule has 1 fully saturated rings. The third-order valence-corrected chi connectivity index (χ3v) is 3.15. The van der Waals surface area contributed by atoms with Crippen LogP contribution in [0.1, 0.15) is 36.7 Å². The lowest BCUT2D eigenvalue weighted by Gasteiger charge is -2.37. The number of piperidine rings is 1. The van der Waals surface area contributed by atoms with Crippen molar-refractivity contribution < 1.29 is 9.21 Å². The van der Waals surface area contributed by atoms with Gasteiger partial charge in [-0.2, -0.15) is 0 Å². The molecule has 1 aliphatic rings. The lowest BCUT2D eigenvalue weighted by molar-refractivity contribution is 0.0551. The third-order valence-electron chi connectivity index (χ3n) is 3.15. The van der Waals surface area contributed by atoms with Gasteiger partial charge in [0.25, 0.3) is 5.91 Å². The van der Waals surface area contributed by atoms with Crippen LogP contribution in [0.4, 0.5) is 0 Å². The highest BCUT2D eigenvalue weighted by Crippen LogP contribution is 2.21. The zero-order valence-corrected chi connectivity index (χ0v) is 10.8. The van der Waals surface area contributed by atoms with Crippen LogP contribution in [0, 0.1) is 0 Å². The van der Waals surface area contributed by atoms with Gasteiger partial charge >= 0.3 is 0 Å². The first-order chi connectivity index (χ1) is 7.70. The summed E-state index contributed by atoms with van der Waals surface area (Å²) in [6, 6.07) is 3.60. The number of likely N-dealkylation sites (tertiary alicyclic amines) is 1.